The number of hydrogen-bond donors (Lipinski definition) is 2. The van der Waals surface area contributed by atoms with Gasteiger partial charge in [-0.05, 0) is 55.9 Å². The molecule has 1 spiro atoms. The lowest BCUT2D eigenvalue weighted by atomic mass is 10.0. The molecule has 1 saturated heterocycles. The molecule has 3 heterocycles. The van der Waals surface area contributed by atoms with Gasteiger partial charge in [0.2, 0.25) is 10.0 Å². The zero-order chi connectivity index (χ0) is 21.1. The largest absolute Gasteiger partial charge is 0.370 e. The molecule has 0 unspecified atom stereocenters. The van der Waals surface area contributed by atoms with Crippen LogP contribution in [0.5, 0.6) is 0 Å². The van der Waals surface area contributed by atoms with Crippen LogP contribution in [-0.2, 0) is 17.1 Å². The summed E-state index contributed by atoms with van der Waals surface area (Å²) in [4.78, 5) is 18.0. The van der Waals surface area contributed by atoms with E-state index in [1.165, 1.54) is 19.3 Å². The first-order valence-corrected chi connectivity index (χ1v) is 12.0. The fraction of sp³-hybridized carbons (Fsp3) is 0.409. The van der Waals surface area contributed by atoms with Gasteiger partial charge in [-0.2, -0.15) is 0 Å². The van der Waals surface area contributed by atoms with E-state index in [9.17, 15) is 13.2 Å². The summed E-state index contributed by atoms with van der Waals surface area (Å²) >= 11 is 0. The number of aromatic amines is 1. The van der Waals surface area contributed by atoms with Gasteiger partial charge in [0.1, 0.15) is 5.52 Å². The highest BCUT2D eigenvalue weighted by atomic mass is 32.2. The van der Waals surface area contributed by atoms with Crippen molar-refractivity contribution in [2.45, 2.75) is 26.2 Å². The molecule has 2 N–H and O–H groups in total. The van der Waals surface area contributed by atoms with Crippen LogP contribution in [0.25, 0.3) is 22.0 Å². The van der Waals surface area contributed by atoms with Crippen molar-refractivity contribution in [2.24, 2.45) is 12.5 Å². The van der Waals surface area contributed by atoms with Crippen LogP contribution in [0, 0.1) is 5.41 Å². The van der Waals surface area contributed by atoms with Crippen LogP contribution >= 0.6 is 0 Å². The van der Waals surface area contributed by atoms with E-state index in [0.717, 1.165) is 35.3 Å². The zero-order valence-electron chi connectivity index (χ0n) is 17.2. The molecule has 0 radical (unpaired) electrons. The molecule has 2 fully saturated rings. The quantitative estimate of drug-likeness (QED) is 0.655. The fourth-order valence-electron chi connectivity index (χ4n) is 4.55. The number of benzene rings is 1. The van der Waals surface area contributed by atoms with Crippen molar-refractivity contribution >= 4 is 32.3 Å². The van der Waals surface area contributed by atoms with Gasteiger partial charge in [0, 0.05) is 60.4 Å². The molecule has 8 heteroatoms. The smallest absolute Gasteiger partial charge is 0.274 e. The molecular weight excluding hydrogens is 400 g/mol. The number of hydrogen-bond acceptors (Lipinski definition) is 4. The van der Waals surface area contributed by atoms with Crippen molar-refractivity contribution in [3.8, 4) is 11.1 Å². The van der Waals surface area contributed by atoms with E-state index in [1.807, 2.05) is 30.5 Å². The highest BCUT2D eigenvalue weighted by molar-refractivity contribution is 7.92. The van der Waals surface area contributed by atoms with Crippen molar-refractivity contribution in [2.75, 3.05) is 28.5 Å². The molecule has 2 aromatic heterocycles. The Morgan fingerprint density at radius 1 is 1.17 bits per heavy atom. The summed E-state index contributed by atoms with van der Waals surface area (Å²) in [5.41, 5.74) is 4.41. The maximum absolute atomic E-state index is 12.5. The molecule has 3 aromatic rings. The summed E-state index contributed by atoms with van der Waals surface area (Å²) in [7, 11) is -1.64. The van der Waals surface area contributed by atoms with Crippen molar-refractivity contribution in [3.63, 3.8) is 0 Å². The van der Waals surface area contributed by atoms with E-state index in [0.29, 0.717) is 16.6 Å². The van der Waals surface area contributed by atoms with E-state index in [-0.39, 0.29) is 11.3 Å². The third kappa shape index (κ3) is 3.19. The number of aryl methyl sites for hydroxylation is 1. The van der Waals surface area contributed by atoms with Gasteiger partial charge in [0.15, 0.2) is 0 Å². The van der Waals surface area contributed by atoms with Gasteiger partial charge in [0.05, 0.1) is 5.75 Å². The number of nitrogens with one attached hydrogen (secondary N) is 2. The SMILES string of the molecule is CCS(=O)(=O)Nc1ccc(N2CCC3(CC3)C2)c(-c2cn(C)c(=O)c3[nH]ccc23)c1. The number of sulfonamides is 1. The summed E-state index contributed by atoms with van der Waals surface area (Å²) < 4.78 is 28.5. The van der Waals surface area contributed by atoms with Gasteiger partial charge in [-0.15, -0.1) is 0 Å². The van der Waals surface area contributed by atoms with Crippen LogP contribution < -0.4 is 15.2 Å². The maximum atomic E-state index is 12.5. The number of pyridine rings is 1. The summed E-state index contributed by atoms with van der Waals surface area (Å²) in [6.45, 7) is 3.64. The lowest BCUT2D eigenvalue weighted by molar-refractivity contribution is 0.581. The highest BCUT2D eigenvalue weighted by Crippen LogP contribution is 2.54. The van der Waals surface area contributed by atoms with Gasteiger partial charge in [0.25, 0.3) is 5.56 Å². The lowest BCUT2D eigenvalue weighted by Gasteiger charge is -2.24. The van der Waals surface area contributed by atoms with Gasteiger partial charge >= 0.3 is 0 Å². The third-order valence-electron chi connectivity index (χ3n) is 6.57. The molecule has 30 heavy (non-hydrogen) atoms. The average Bonchev–Trinajstić information content (AvgIpc) is 3.12. The van der Waals surface area contributed by atoms with E-state index in [2.05, 4.69) is 14.6 Å². The summed E-state index contributed by atoms with van der Waals surface area (Å²) in [5.74, 6) is 0.0145. The molecule has 0 amide bonds. The van der Waals surface area contributed by atoms with Crippen LogP contribution in [0.15, 0.2) is 41.5 Å². The second kappa shape index (κ2) is 6.63. The molecule has 2 aliphatic rings. The Labute approximate surface area is 175 Å². The summed E-state index contributed by atoms with van der Waals surface area (Å²) in [6.07, 6.45) is 7.39. The summed E-state index contributed by atoms with van der Waals surface area (Å²) in [6, 6.07) is 7.64. The molecule has 0 atom stereocenters. The van der Waals surface area contributed by atoms with E-state index < -0.39 is 10.0 Å². The molecular formula is C22H26N4O3S. The van der Waals surface area contributed by atoms with Gasteiger partial charge in [-0.25, -0.2) is 8.42 Å². The van der Waals surface area contributed by atoms with Crippen molar-refractivity contribution in [3.05, 3.63) is 47.0 Å². The Morgan fingerprint density at radius 2 is 1.97 bits per heavy atom. The Morgan fingerprint density at radius 3 is 2.67 bits per heavy atom. The number of H-pyrrole nitrogens is 1. The van der Waals surface area contributed by atoms with Crippen LogP contribution in [0.2, 0.25) is 0 Å². The van der Waals surface area contributed by atoms with Crippen LogP contribution in [-0.4, -0.2) is 36.8 Å². The minimum Gasteiger partial charge on any atom is -0.370 e. The first kappa shape index (κ1) is 19.2. The van der Waals surface area contributed by atoms with Crippen molar-refractivity contribution in [1.29, 1.82) is 0 Å². The fourth-order valence-corrected chi connectivity index (χ4v) is 5.18. The normalized spacial score (nSPS) is 17.7. The Hall–Kier alpha value is -2.74. The maximum Gasteiger partial charge on any atom is 0.274 e. The molecule has 5 rings (SSSR count). The van der Waals surface area contributed by atoms with Crippen LogP contribution in [0.4, 0.5) is 11.4 Å². The zero-order valence-corrected chi connectivity index (χ0v) is 18.1. The second-order valence-electron chi connectivity index (χ2n) is 8.63. The molecule has 1 aromatic carbocycles. The highest BCUT2D eigenvalue weighted by Gasteiger charge is 2.48. The molecule has 1 aliphatic heterocycles. The first-order valence-electron chi connectivity index (χ1n) is 10.4. The minimum atomic E-state index is -3.38. The number of rotatable bonds is 5. The van der Waals surface area contributed by atoms with E-state index >= 15 is 0 Å². The third-order valence-corrected chi connectivity index (χ3v) is 7.88. The molecule has 1 aliphatic carbocycles. The number of fused-ring (bicyclic) bond motifs is 1. The Kier molecular flexibility index (Phi) is 4.25. The standard InChI is InChI=1S/C22H26N4O3S/c1-3-30(28,29)24-15-4-5-19(26-11-9-22(14-26)7-8-22)17(12-15)18-13-25(2)21(27)20-16(18)6-10-23-20/h4-6,10,12-13,23-24H,3,7-9,11,14H2,1-2H3. The molecule has 158 valence electrons. The predicted molar refractivity (Wildman–Crippen MR) is 121 cm³/mol. The topological polar surface area (TPSA) is 87.2 Å². The Bertz CT molecular complexity index is 1300. The molecule has 7 nitrogen and oxygen atoms in total. The predicted octanol–water partition coefficient (Wildman–Crippen LogP) is 3.29. The van der Waals surface area contributed by atoms with E-state index in [4.69, 9.17) is 0 Å². The van der Waals surface area contributed by atoms with Gasteiger partial charge < -0.3 is 14.5 Å². The first-order chi connectivity index (χ1) is 14.3. The minimum absolute atomic E-state index is 0.0145. The molecule has 0 bridgehead atoms. The lowest BCUT2D eigenvalue weighted by Crippen LogP contribution is -2.22. The van der Waals surface area contributed by atoms with Crippen LogP contribution in [0.1, 0.15) is 26.2 Å². The summed E-state index contributed by atoms with van der Waals surface area (Å²) in [5, 5.41) is 0.843. The van der Waals surface area contributed by atoms with Crippen LogP contribution in [0.3, 0.4) is 0 Å². The van der Waals surface area contributed by atoms with Crippen molar-refractivity contribution < 1.29 is 8.42 Å². The number of anilines is 2. The molecule has 1 saturated carbocycles. The monoisotopic (exact) mass is 426 g/mol. The van der Waals surface area contributed by atoms with Gasteiger partial charge in [-0.1, -0.05) is 0 Å². The second-order valence-corrected chi connectivity index (χ2v) is 10.6. The number of nitrogens with zero attached hydrogens (tertiary/aromatic N) is 2. The van der Waals surface area contributed by atoms with E-state index in [1.54, 1.807) is 24.7 Å². The Balaban J connectivity index is 1.69. The number of aromatic nitrogens is 2. The van der Waals surface area contributed by atoms with Crippen molar-refractivity contribution in [1.82, 2.24) is 9.55 Å². The average molecular weight is 427 g/mol. The van der Waals surface area contributed by atoms with Gasteiger partial charge in [-0.3, -0.25) is 9.52 Å².